The molecule has 254 valence electrons. The number of benzene rings is 3. The maximum atomic E-state index is 15.5. The number of carbonyl (C=O) groups is 1. The lowest BCUT2D eigenvalue weighted by molar-refractivity contribution is 0.0357. The Bertz CT molecular complexity index is 2070. The highest BCUT2D eigenvalue weighted by Gasteiger charge is 2.19. The number of amides is 1. The van der Waals surface area contributed by atoms with Crippen LogP contribution in [0.4, 0.5) is 18.9 Å². The number of nitrogens with zero attached hydrogens (tertiary/aromatic N) is 4. The summed E-state index contributed by atoms with van der Waals surface area (Å²) in [7, 11) is 1.52. The average Bonchev–Trinajstić information content (AvgIpc) is 3.09. The zero-order chi connectivity index (χ0) is 34.5. The Balaban J connectivity index is 1.20. The molecule has 1 saturated heterocycles. The third kappa shape index (κ3) is 7.66. The molecule has 1 amide bonds. The van der Waals surface area contributed by atoms with Crippen molar-refractivity contribution in [3.05, 3.63) is 106 Å². The molecule has 0 saturated carbocycles. The molecule has 1 N–H and O–H groups in total. The molecular weight excluding hydrogens is 643 g/mol. The fourth-order valence-corrected chi connectivity index (χ4v) is 5.33. The summed E-state index contributed by atoms with van der Waals surface area (Å²) < 4.78 is 66.7. The van der Waals surface area contributed by atoms with Gasteiger partial charge in [-0.1, -0.05) is 0 Å². The van der Waals surface area contributed by atoms with E-state index in [1.54, 1.807) is 18.2 Å². The van der Waals surface area contributed by atoms with E-state index in [-0.39, 0.29) is 28.4 Å². The number of aromatic nitrogens is 3. The first kappa shape index (κ1) is 33.4. The number of carbonyl (C=O) groups excluding carboxylic acids is 1. The Morgan fingerprint density at radius 3 is 2.51 bits per heavy atom. The van der Waals surface area contributed by atoms with Crippen molar-refractivity contribution < 1.29 is 36.9 Å². The summed E-state index contributed by atoms with van der Waals surface area (Å²) in [5.74, 6) is -2.34. The minimum absolute atomic E-state index is 0.00790. The quantitative estimate of drug-likeness (QED) is 0.177. The number of aryl methyl sites for hydroxylation is 1. The highest BCUT2D eigenvalue weighted by atomic mass is 19.1. The predicted molar refractivity (Wildman–Crippen MR) is 175 cm³/mol. The van der Waals surface area contributed by atoms with Crippen molar-refractivity contribution in [3.63, 3.8) is 0 Å². The molecule has 0 atom stereocenters. The molecule has 0 unspecified atom stereocenters. The highest BCUT2D eigenvalue weighted by molar-refractivity contribution is 6.03. The third-order valence-corrected chi connectivity index (χ3v) is 7.86. The molecule has 11 nitrogen and oxygen atoms in total. The summed E-state index contributed by atoms with van der Waals surface area (Å²) in [5, 5.41) is 6.97. The van der Waals surface area contributed by atoms with Crippen LogP contribution in [0.2, 0.25) is 0 Å². The van der Waals surface area contributed by atoms with Crippen molar-refractivity contribution in [2.45, 2.75) is 13.3 Å². The van der Waals surface area contributed by atoms with Crippen LogP contribution in [-0.4, -0.2) is 72.1 Å². The number of hydrogen-bond acceptors (Lipinski definition) is 9. The number of hydrogen-bond donors (Lipinski definition) is 1. The Morgan fingerprint density at radius 1 is 0.939 bits per heavy atom. The number of fused-ring (bicyclic) bond motifs is 1. The molecule has 0 aliphatic carbocycles. The van der Waals surface area contributed by atoms with E-state index in [1.165, 1.54) is 32.4 Å². The van der Waals surface area contributed by atoms with Crippen LogP contribution in [-0.2, 0) is 4.74 Å². The summed E-state index contributed by atoms with van der Waals surface area (Å²) in [6.07, 6.45) is 2.35. The molecule has 0 spiro atoms. The Kier molecular flexibility index (Phi) is 10.1. The molecule has 1 fully saturated rings. The van der Waals surface area contributed by atoms with E-state index in [2.05, 4.69) is 20.3 Å². The van der Waals surface area contributed by atoms with Crippen LogP contribution in [0.5, 0.6) is 23.0 Å². The molecule has 2 aromatic heterocycles. The Hall–Kier alpha value is -5.47. The van der Waals surface area contributed by atoms with Crippen molar-refractivity contribution in [2.24, 2.45) is 0 Å². The number of pyridine rings is 1. The van der Waals surface area contributed by atoms with Gasteiger partial charge in [0.15, 0.2) is 28.8 Å². The normalized spacial score (nSPS) is 13.3. The zero-order valence-electron chi connectivity index (χ0n) is 26.7. The van der Waals surface area contributed by atoms with Crippen molar-refractivity contribution in [3.8, 4) is 28.7 Å². The number of halogens is 3. The fraction of sp³-hybridized carbons (Fsp3) is 0.257. The van der Waals surface area contributed by atoms with E-state index in [9.17, 15) is 18.4 Å². The van der Waals surface area contributed by atoms with Gasteiger partial charge in [0.2, 0.25) is 0 Å². The van der Waals surface area contributed by atoms with E-state index < -0.39 is 28.9 Å². The maximum Gasteiger partial charge on any atom is 0.276 e. The van der Waals surface area contributed by atoms with Crippen LogP contribution in [0.1, 0.15) is 22.5 Å². The second-order valence-electron chi connectivity index (χ2n) is 11.2. The van der Waals surface area contributed by atoms with Gasteiger partial charge in [0, 0.05) is 55.5 Å². The minimum Gasteiger partial charge on any atom is -0.493 e. The molecule has 49 heavy (non-hydrogen) atoms. The summed E-state index contributed by atoms with van der Waals surface area (Å²) >= 11 is 0. The largest absolute Gasteiger partial charge is 0.493 e. The molecule has 1 aliphatic heterocycles. The molecule has 1 aliphatic rings. The first-order valence-corrected chi connectivity index (χ1v) is 15.4. The number of anilines is 1. The van der Waals surface area contributed by atoms with Gasteiger partial charge in [0.05, 0.1) is 43.8 Å². The molecule has 6 rings (SSSR count). The zero-order valence-corrected chi connectivity index (χ0v) is 26.7. The lowest BCUT2D eigenvalue weighted by Gasteiger charge is -2.26. The van der Waals surface area contributed by atoms with Crippen LogP contribution in [0.15, 0.2) is 71.7 Å². The van der Waals surface area contributed by atoms with E-state index in [1.807, 2.05) is 0 Å². The lowest BCUT2D eigenvalue weighted by atomic mass is 10.1. The van der Waals surface area contributed by atoms with Gasteiger partial charge in [0.25, 0.3) is 11.5 Å². The molecule has 0 radical (unpaired) electrons. The molecule has 5 aromatic rings. The van der Waals surface area contributed by atoms with Gasteiger partial charge < -0.3 is 24.3 Å². The first-order valence-electron chi connectivity index (χ1n) is 15.4. The predicted octanol–water partition coefficient (Wildman–Crippen LogP) is 5.66. The molecule has 14 heteroatoms. The van der Waals surface area contributed by atoms with E-state index in [0.29, 0.717) is 40.8 Å². The average molecular weight is 676 g/mol. The van der Waals surface area contributed by atoms with Crippen molar-refractivity contribution >= 4 is 22.5 Å². The second-order valence-corrected chi connectivity index (χ2v) is 11.2. The van der Waals surface area contributed by atoms with E-state index >= 15 is 4.39 Å². The van der Waals surface area contributed by atoms with Crippen LogP contribution < -0.4 is 25.1 Å². The van der Waals surface area contributed by atoms with Gasteiger partial charge in [0.1, 0.15) is 17.4 Å². The van der Waals surface area contributed by atoms with Gasteiger partial charge in [-0.3, -0.25) is 19.5 Å². The van der Waals surface area contributed by atoms with Crippen molar-refractivity contribution in [1.82, 2.24) is 19.7 Å². The molecular formula is C35H32F3N5O6. The van der Waals surface area contributed by atoms with E-state index in [4.69, 9.17) is 18.9 Å². The number of nitrogens with one attached hydrogen (secondary N) is 1. The summed E-state index contributed by atoms with van der Waals surface area (Å²) in [6.45, 7) is 6.12. The standard InChI is InChI=1S/C35H32F3N5O6/c1-21-16-33(44)43(41-34(21)35(45)40-27-6-4-22(36)17-25(27)37)23-5-7-30(26(38)18-23)49-29-8-9-39-28-20-32(31(46-2)19-24(28)29)48-13-3-10-42-11-14-47-15-12-42/h4-9,16-20H,3,10-15H2,1-2H3,(H,40,45). The molecule has 0 bridgehead atoms. The SMILES string of the molecule is COc1cc2c(Oc3ccc(-n4nc(C(=O)Nc5ccc(F)cc5F)c(C)cc4=O)cc3F)ccnc2cc1OCCCN1CCOCC1. The van der Waals surface area contributed by atoms with Gasteiger partial charge in [-0.25, -0.2) is 13.2 Å². The number of morpholine rings is 1. The number of methoxy groups -OCH3 is 1. The van der Waals surface area contributed by atoms with Gasteiger partial charge in [-0.2, -0.15) is 9.78 Å². The topological polar surface area (TPSA) is 117 Å². The summed E-state index contributed by atoms with van der Waals surface area (Å²) in [4.78, 5) is 32.5. The van der Waals surface area contributed by atoms with Gasteiger partial charge in [-0.15, -0.1) is 0 Å². The molecule has 3 aromatic carbocycles. The summed E-state index contributed by atoms with van der Waals surface area (Å²) in [5.41, 5.74) is -0.387. The molecule has 3 heterocycles. The van der Waals surface area contributed by atoms with Crippen LogP contribution in [0, 0.1) is 24.4 Å². The van der Waals surface area contributed by atoms with Crippen LogP contribution >= 0.6 is 0 Å². The van der Waals surface area contributed by atoms with Gasteiger partial charge in [-0.05, 0) is 55.3 Å². The number of ether oxygens (including phenoxy) is 4. The van der Waals surface area contributed by atoms with Gasteiger partial charge >= 0.3 is 0 Å². The van der Waals surface area contributed by atoms with E-state index in [0.717, 1.165) is 68.2 Å². The highest BCUT2D eigenvalue weighted by Crippen LogP contribution is 2.38. The minimum atomic E-state index is -0.985. The maximum absolute atomic E-state index is 15.5. The second kappa shape index (κ2) is 14.7. The smallest absolute Gasteiger partial charge is 0.276 e. The lowest BCUT2D eigenvalue weighted by Crippen LogP contribution is -2.37. The van der Waals surface area contributed by atoms with Crippen molar-refractivity contribution in [1.29, 1.82) is 0 Å². The van der Waals surface area contributed by atoms with Crippen molar-refractivity contribution in [2.75, 3.05) is 51.9 Å². The summed E-state index contributed by atoms with van der Waals surface area (Å²) in [6, 6.07) is 12.6. The third-order valence-electron chi connectivity index (χ3n) is 7.86. The Labute approximate surface area is 278 Å². The monoisotopic (exact) mass is 675 g/mol. The van der Waals surface area contributed by atoms with Crippen LogP contribution in [0.3, 0.4) is 0 Å². The fourth-order valence-electron chi connectivity index (χ4n) is 5.33. The Morgan fingerprint density at radius 2 is 1.76 bits per heavy atom. The van der Waals surface area contributed by atoms with Crippen LogP contribution in [0.25, 0.3) is 16.6 Å². The number of rotatable bonds is 11. The first-order chi connectivity index (χ1) is 23.7.